The SMILES string of the molecule is CCC1=C(NC(=O)CC23C(CCC(C)C)C2C32CCC(COC)CC2)SC(SCC(=O)O)=CC1. The minimum Gasteiger partial charge on any atom is -0.481 e. The van der Waals surface area contributed by atoms with E-state index in [0.717, 1.165) is 40.6 Å². The molecule has 2 N–H and O–H groups in total. The number of hydrogen-bond donors (Lipinski definition) is 2. The second-order valence-electron chi connectivity index (χ2n) is 11.2. The number of thioether (sulfide) groups is 2. The molecule has 34 heavy (non-hydrogen) atoms. The quantitative estimate of drug-likeness (QED) is 0.318. The number of aliphatic carboxylic acids is 1. The molecule has 1 amide bonds. The molecule has 4 rings (SSSR count). The van der Waals surface area contributed by atoms with Gasteiger partial charge in [-0.2, -0.15) is 0 Å². The summed E-state index contributed by atoms with van der Waals surface area (Å²) in [6, 6.07) is 0. The van der Waals surface area contributed by atoms with Crippen molar-refractivity contribution in [3.05, 3.63) is 20.9 Å². The van der Waals surface area contributed by atoms with E-state index in [-0.39, 0.29) is 17.1 Å². The maximum atomic E-state index is 13.4. The third kappa shape index (κ3) is 4.99. The molecule has 5 nitrogen and oxygen atoms in total. The number of carbonyl (C=O) groups excluding carboxylic acids is 1. The van der Waals surface area contributed by atoms with E-state index in [9.17, 15) is 9.59 Å². The molecule has 0 radical (unpaired) electrons. The minimum absolute atomic E-state index is 0.0520. The van der Waals surface area contributed by atoms with Crippen LogP contribution in [0.15, 0.2) is 20.9 Å². The highest BCUT2D eigenvalue weighted by atomic mass is 32.2. The Morgan fingerprint density at radius 1 is 1.32 bits per heavy atom. The standard InChI is InChI=1S/C27H41NO4S2/c1-5-19-7-9-23(33-16-22(30)31)34-25(19)28-21(29)14-27-20(8-6-17(2)3)24(27)26(27)12-10-18(11-13-26)15-32-4/h9,17-18,20,24H,5-8,10-16H2,1-4H3,(H,28,29)(H,30,31). The fraction of sp³-hybridized carbons (Fsp3) is 0.778. The van der Waals surface area contributed by atoms with Gasteiger partial charge < -0.3 is 15.2 Å². The average molecular weight is 508 g/mol. The van der Waals surface area contributed by atoms with Crippen molar-refractivity contribution in [2.75, 3.05) is 19.5 Å². The number of ether oxygens (including phenoxy) is 1. The van der Waals surface area contributed by atoms with Crippen molar-refractivity contribution >= 4 is 35.4 Å². The third-order valence-electron chi connectivity index (χ3n) is 8.91. The third-order valence-corrected chi connectivity index (χ3v) is 11.3. The van der Waals surface area contributed by atoms with Crippen LogP contribution in [-0.2, 0) is 14.3 Å². The maximum Gasteiger partial charge on any atom is 0.313 e. The maximum absolute atomic E-state index is 13.4. The number of fused-ring (bicyclic) bond motifs is 3. The van der Waals surface area contributed by atoms with Crippen LogP contribution in [-0.4, -0.2) is 36.5 Å². The lowest BCUT2D eigenvalue weighted by molar-refractivity contribution is -0.134. The van der Waals surface area contributed by atoms with Gasteiger partial charge in [0.05, 0.1) is 10.8 Å². The minimum atomic E-state index is -0.812. The molecule has 3 saturated carbocycles. The Bertz CT molecular complexity index is 859. The van der Waals surface area contributed by atoms with Gasteiger partial charge in [-0.3, -0.25) is 9.59 Å². The highest BCUT2D eigenvalue weighted by Gasteiger charge is 2.92. The first kappa shape index (κ1) is 26.2. The summed E-state index contributed by atoms with van der Waals surface area (Å²) in [5, 5.41) is 13.2. The van der Waals surface area contributed by atoms with Crippen molar-refractivity contribution in [2.45, 2.75) is 78.6 Å². The second kappa shape index (κ2) is 10.6. The Morgan fingerprint density at radius 3 is 2.68 bits per heavy atom. The van der Waals surface area contributed by atoms with E-state index in [1.807, 2.05) is 0 Å². The van der Waals surface area contributed by atoms with E-state index in [1.165, 1.54) is 67.6 Å². The van der Waals surface area contributed by atoms with Crippen LogP contribution < -0.4 is 5.32 Å². The van der Waals surface area contributed by atoms with Crippen molar-refractivity contribution in [3.8, 4) is 0 Å². The number of carboxylic acids is 1. The summed E-state index contributed by atoms with van der Waals surface area (Å²) in [5.74, 6) is 2.26. The predicted molar refractivity (Wildman–Crippen MR) is 140 cm³/mol. The van der Waals surface area contributed by atoms with Crippen LogP contribution in [0.4, 0.5) is 0 Å². The topological polar surface area (TPSA) is 75.6 Å². The summed E-state index contributed by atoms with van der Waals surface area (Å²) in [6.45, 7) is 7.58. The van der Waals surface area contributed by atoms with Gasteiger partial charge in [-0.05, 0) is 85.0 Å². The molecule has 7 heteroatoms. The molecule has 3 fully saturated rings. The van der Waals surface area contributed by atoms with E-state index in [0.29, 0.717) is 23.7 Å². The molecular weight excluding hydrogens is 466 g/mol. The van der Waals surface area contributed by atoms with E-state index in [4.69, 9.17) is 9.84 Å². The number of methoxy groups -OCH3 is 1. The van der Waals surface area contributed by atoms with Crippen LogP contribution in [0.3, 0.4) is 0 Å². The summed E-state index contributed by atoms with van der Waals surface area (Å²) in [6.07, 6.45) is 11.9. The van der Waals surface area contributed by atoms with Crippen molar-refractivity contribution in [1.82, 2.24) is 5.32 Å². The summed E-state index contributed by atoms with van der Waals surface area (Å²) < 4.78 is 6.40. The Kier molecular flexibility index (Phi) is 8.15. The number of carbonyl (C=O) groups is 2. The Morgan fingerprint density at radius 2 is 2.06 bits per heavy atom. The monoisotopic (exact) mass is 507 g/mol. The molecule has 1 spiro atoms. The summed E-state index contributed by atoms with van der Waals surface area (Å²) >= 11 is 2.88. The predicted octanol–water partition coefficient (Wildman–Crippen LogP) is 6.42. The number of amides is 1. The fourth-order valence-corrected chi connectivity index (χ4v) is 9.26. The largest absolute Gasteiger partial charge is 0.481 e. The normalized spacial score (nSPS) is 34.1. The molecule has 3 aliphatic carbocycles. The van der Waals surface area contributed by atoms with Crippen LogP contribution in [0.25, 0.3) is 0 Å². The van der Waals surface area contributed by atoms with Gasteiger partial charge in [-0.15, -0.1) is 11.8 Å². The first-order valence-electron chi connectivity index (χ1n) is 13.0. The van der Waals surface area contributed by atoms with Crippen molar-refractivity contribution in [3.63, 3.8) is 0 Å². The summed E-state index contributed by atoms with van der Waals surface area (Å²) in [5.41, 5.74) is 1.87. The second-order valence-corrected chi connectivity index (χ2v) is 13.5. The highest BCUT2D eigenvalue weighted by molar-refractivity contribution is 8.24. The first-order valence-corrected chi connectivity index (χ1v) is 14.8. The molecule has 0 aromatic carbocycles. The van der Waals surface area contributed by atoms with Gasteiger partial charge in [-0.1, -0.05) is 45.0 Å². The first-order chi connectivity index (χ1) is 16.3. The molecular formula is C27H41NO4S2. The average Bonchev–Trinajstić information content (AvgIpc) is 3.62. The molecule has 0 saturated heterocycles. The van der Waals surface area contributed by atoms with Gasteiger partial charge in [0, 0.05) is 24.4 Å². The lowest BCUT2D eigenvalue weighted by Gasteiger charge is -2.38. The zero-order valence-electron chi connectivity index (χ0n) is 21.2. The van der Waals surface area contributed by atoms with Gasteiger partial charge in [0.2, 0.25) is 5.91 Å². The summed E-state index contributed by atoms with van der Waals surface area (Å²) in [7, 11) is 1.80. The fourth-order valence-electron chi connectivity index (χ4n) is 7.22. The lowest BCUT2D eigenvalue weighted by atomic mass is 9.67. The van der Waals surface area contributed by atoms with Crippen LogP contribution in [0, 0.1) is 34.5 Å². The highest BCUT2D eigenvalue weighted by Crippen LogP contribution is 2.96. The Labute approximate surface area is 213 Å². The number of rotatable bonds is 12. The van der Waals surface area contributed by atoms with Gasteiger partial charge in [0.25, 0.3) is 0 Å². The zero-order chi connectivity index (χ0) is 24.5. The number of allylic oxidation sites excluding steroid dienone is 2. The number of carboxylic acid groups (broad SMARTS) is 1. The molecule has 0 aromatic rings. The van der Waals surface area contributed by atoms with Gasteiger partial charge in [0.15, 0.2) is 0 Å². The smallest absolute Gasteiger partial charge is 0.313 e. The van der Waals surface area contributed by atoms with E-state index in [1.54, 1.807) is 7.11 Å². The molecule has 1 heterocycles. The molecule has 1 aliphatic heterocycles. The van der Waals surface area contributed by atoms with Gasteiger partial charge in [0.1, 0.15) is 0 Å². The van der Waals surface area contributed by atoms with E-state index < -0.39 is 5.97 Å². The molecule has 0 bridgehead atoms. The number of hydrogen-bond acceptors (Lipinski definition) is 5. The van der Waals surface area contributed by atoms with Gasteiger partial charge >= 0.3 is 5.97 Å². The van der Waals surface area contributed by atoms with Crippen LogP contribution in [0.5, 0.6) is 0 Å². The van der Waals surface area contributed by atoms with E-state index >= 15 is 0 Å². The molecule has 0 aromatic heterocycles. The Hall–Kier alpha value is -0.920. The van der Waals surface area contributed by atoms with Crippen LogP contribution in [0.2, 0.25) is 0 Å². The zero-order valence-corrected chi connectivity index (χ0v) is 22.8. The van der Waals surface area contributed by atoms with Crippen LogP contribution >= 0.6 is 23.5 Å². The summed E-state index contributed by atoms with van der Waals surface area (Å²) in [4.78, 5) is 24.4. The van der Waals surface area contributed by atoms with Crippen molar-refractivity contribution in [2.24, 2.45) is 34.5 Å². The van der Waals surface area contributed by atoms with Crippen molar-refractivity contribution < 1.29 is 19.4 Å². The lowest BCUT2D eigenvalue weighted by Crippen LogP contribution is -2.33. The molecule has 3 unspecified atom stereocenters. The van der Waals surface area contributed by atoms with Crippen LogP contribution in [0.1, 0.15) is 78.6 Å². The van der Waals surface area contributed by atoms with E-state index in [2.05, 4.69) is 32.2 Å². The van der Waals surface area contributed by atoms with Crippen molar-refractivity contribution in [1.29, 1.82) is 0 Å². The van der Waals surface area contributed by atoms with Gasteiger partial charge in [-0.25, -0.2) is 0 Å². The number of nitrogens with one attached hydrogen (secondary N) is 1. The molecule has 190 valence electrons. The molecule has 4 aliphatic rings. The Balaban J connectivity index is 1.39. The molecule has 3 atom stereocenters.